The summed E-state index contributed by atoms with van der Waals surface area (Å²) in [7, 11) is -0.953. The van der Waals surface area contributed by atoms with E-state index < -0.39 is 9.84 Å². The van der Waals surface area contributed by atoms with Gasteiger partial charge >= 0.3 is 0 Å². The summed E-state index contributed by atoms with van der Waals surface area (Å²) < 4.78 is 24.8. The van der Waals surface area contributed by atoms with E-state index in [0.717, 1.165) is 25.7 Å². The molecule has 5 heteroatoms. The van der Waals surface area contributed by atoms with E-state index in [2.05, 4.69) is 52.2 Å². The van der Waals surface area contributed by atoms with Gasteiger partial charge in [-0.3, -0.25) is 0 Å². The number of sulfone groups is 1. The summed E-state index contributed by atoms with van der Waals surface area (Å²) in [6.07, 6.45) is 5.07. The van der Waals surface area contributed by atoms with E-state index in [1.807, 2.05) is 7.05 Å². The lowest BCUT2D eigenvalue weighted by Crippen LogP contribution is -2.34. The molecule has 0 aliphatic heterocycles. The van der Waals surface area contributed by atoms with Crippen molar-refractivity contribution in [2.24, 2.45) is 5.92 Å². The molecule has 1 saturated carbocycles. The Morgan fingerprint density at radius 1 is 1.25 bits per heavy atom. The maximum atomic E-state index is 11.8. The van der Waals surface area contributed by atoms with E-state index in [1.165, 1.54) is 15.4 Å². The molecule has 1 aromatic rings. The lowest BCUT2D eigenvalue weighted by atomic mass is 9.81. The fourth-order valence-electron chi connectivity index (χ4n) is 3.22. The number of hydrogen-bond donors (Lipinski definition) is 1. The van der Waals surface area contributed by atoms with Crippen molar-refractivity contribution in [1.82, 2.24) is 5.32 Å². The lowest BCUT2D eigenvalue weighted by Gasteiger charge is -2.34. The maximum Gasteiger partial charge on any atom is 0.150 e. The molecule has 1 N–H and O–H groups in total. The minimum atomic E-state index is -2.92. The van der Waals surface area contributed by atoms with E-state index in [-0.39, 0.29) is 11.3 Å². The van der Waals surface area contributed by atoms with Crippen LogP contribution in [0.2, 0.25) is 0 Å². The number of nitrogens with one attached hydrogen (secondary N) is 1. The Bertz CT molecular complexity index is 541. The molecule has 1 aliphatic carbocycles. The second kappa shape index (κ2) is 6.75. The van der Waals surface area contributed by atoms with Gasteiger partial charge in [0.15, 0.2) is 0 Å². The first-order valence-electron chi connectivity index (χ1n) is 7.03. The predicted molar refractivity (Wildman–Crippen MR) is 91.5 cm³/mol. The van der Waals surface area contributed by atoms with Gasteiger partial charge in [0.1, 0.15) is 9.84 Å². The molecular formula is C15H22INO2S. The van der Waals surface area contributed by atoms with Crippen LogP contribution in [0.1, 0.15) is 37.3 Å². The summed E-state index contributed by atoms with van der Waals surface area (Å²) in [4.78, 5) is 0. The van der Waals surface area contributed by atoms with Crippen molar-refractivity contribution in [3.05, 3.63) is 33.4 Å². The van der Waals surface area contributed by atoms with Crippen molar-refractivity contribution in [1.29, 1.82) is 0 Å². The van der Waals surface area contributed by atoms with E-state index in [0.29, 0.717) is 5.92 Å². The van der Waals surface area contributed by atoms with Crippen molar-refractivity contribution >= 4 is 32.4 Å². The first-order valence-corrected chi connectivity index (χ1v) is 10.1. The van der Waals surface area contributed by atoms with Crippen LogP contribution < -0.4 is 5.32 Å². The Labute approximate surface area is 135 Å². The summed E-state index contributed by atoms with van der Waals surface area (Å²) in [6.45, 7) is 0. The van der Waals surface area contributed by atoms with Crippen LogP contribution in [-0.4, -0.2) is 27.0 Å². The number of rotatable bonds is 4. The van der Waals surface area contributed by atoms with E-state index in [9.17, 15) is 8.42 Å². The third-order valence-corrected chi connectivity index (χ3v) is 6.64. The number of hydrogen-bond acceptors (Lipinski definition) is 3. The van der Waals surface area contributed by atoms with Crippen LogP contribution in [0.15, 0.2) is 24.3 Å². The minimum Gasteiger partial charge on any atom is -0.313 e. The zero-order valence-electron chi connectivity index (χ0n) is 12.0. The molecule has 2 rings (SSSR count). The SMILES string of the molecule is CNC(c1ccc(I)cc1)C1CCCC(S(C)(=O)=O)C1. The molecular weight excluding hydrogens is 385 g/mol. The largest absolute Gasteiger partial charge is 0.313 e. The van der Waals surface area contributed by atoms with Crippen molar-refractivity contribution in [2.75, 3.05) is 13.3 Å². The quantitative estimate of drug-likeness (QED) is 0.781. The fourth-order valence-corrected chi connectivity index (χ4v) is 4.77. The summed E-state index contributed by atoms with van der Waals surface area (Å²) >= 11 is 2.30. The monoisotopic (exact) mass is 407 g/mol. The van der Waals surface area contributed by atoms with E-state index in [4.69, 9.17) is 0 Å². The molecule has 3 nitrogen and oxygen atoms in total. The highest BCUT2D eigenvalue weighted by molar-refractivity contribution is 14.1. The molecule has 0 bridgehead atoms. The molecule has 0 spiro atoms. The lowest BCUT2D eigenvalue weighted by molar-refractivity contribution is 0.282. The van der Waals surface area contributed by atoms with Gasteiger partial charge in [0.05, 0.1) is 5.25 Å². The van der Waals surface area contributed by atoms with E-state index >= 15 is 0 Å². The molecule has 1 fully saturated rings. The zero-order valence-corrected chi connectivity index (χ0v) is 14.9. The van der Waals surface area contributed by atoms with Gasteiger partial charge in [0.2, 0.25) is 0 Å². The Kier molecular flexibility index (Phi) is 5.48. The van der Waals surface area contributed by atoms with Gasteiger partial charge in [-0.05, 0) is 72.5 Å². The van der Waals surface area contributed by atoms with E-state index in [1.54, 1.807) is 0 Å². The first kappa shape index (κ1) is 16.2. The van der Waals surface area contributed by atoms with Gasteiger partial charge in [-0.15, -0.1) is 0 Å². The average molecular weight is 407 g/mol. The van der Waals surface area contributed by atoms with Crippen LogP contribution in [0.3, 0.4) is 0 Å². The predicted octanol–water partition coefficient (Wildman–Crippen LogP) is 3.16. The molecule has 1 aliphatic rings. The van der Waals surface area contributed by atoms with Crippen LogP contribution in [0.5, 0.6) is 0 Å². The molecule has 20 heavy (non-hydrogen) atoms. The van der Waals surface area contributed by atoms with Crippen LogP contribution >= 0.6 is 22.6 Å². The van der Waals surface area contributed by atoms with Gasteiger partial charge in [-0.2, -0.15) is 0 Å². The molecule has 0 saturated heterocycles. The third-order valence-electron chi connectivity index (χ3n) is 4.28. The smallest absolute Gasteiger partial charge is 0.150 e. The molecule has 0 heterocycles. The second-order valence-corrected chi connectivity index (χ2v) is 9.27. The van der Waals surface area contributed by atoms with Crippen LogP contribution in [0.25, 0.3) is 0 Å². The molecule has 0 aromatic heterocycles. The van der Waals surface area contributed by atoms with Crippen LogP contribution in [0.4, 0.5) is 0 Å². The minimum absolute atomic E-state index is 0.166. The van der Waals surface area contributed by atoms with Gasteiger partial charge in [0.25, 0.3) is 0 Å². The first-order chi connectivity index (χ1) is 9.41. The van der Waals surface area contributed by atoms with Gasteiger partial charge < -0.3 is 5.32 Å². The normalized spacial score (nSPS) is 25.4. The highest BCUT2D eigenvalue weighted by Crippen LogP contribution is 2.36. The van der Waals surface area contributed by atoms with Crippen molar-refractivity contribution in [3.8, 4) is 0 Å². The molecule has 0 radical (unpaired) electrons. The zero-order chi connectivity index (χ0) is 14.8. The third kappa shape index (κ3) is 3.95. The Morgan fingerprint density at radius 3 is 2.45 bits per heavy atom. The van der Waals surface area contributed by atoms with Crippen LogP contribution in [0, 0.1) is 9.49 Å². The average Bonchev–Trinajstić information content (AvgIpc) is 2.41. The van der Waals surface area contributed by atoms with Crippen molar-refractivity contribution in [2.45, 2.75) is 37.0 Å². The van der Waals surface area contributed by atoms with Crippen molar-refractivity contribution in [3.63, 3.8) is 0 Å². The molecule has 112 valence electrons. The molecule has 1 aromatic carbocycles. The van der Waals surface area contributed by atoms with Gasteiger partial charge in [0, 0.05) is 15.9 Å². The highest BCUT2D eigenvalue weighted by atomic mass is 127. The maximum absolute atomic E-state index is 11.8. The molecule has 3 unspecified atom stereocenters. The Hall–Kier alpha value is -0.140. The number of halogens is 1. The summed E-state index contributed by atoms with van der Waals surface area (Å²) in [5, 5.41) is 3.22. The summed E-state index contributed by atoms with van der Waals surface area (Å²) in [5.41, 5.74) is 1.26. The van der Waals surface area contributed by atoms with Crippen LogP contribution in [-0.2, 0) is 9.84 Å². The summed E-state index contributed by atoms with van der Waals surface area (Å²) in [6, 6.07) is 8.75. The van der Waals surface area contributed by atoms with Gasteiger partial charge in [-0.1, -0.05) is 18.6 Å². The standard InChI is InChI=1S/C15H22INO2S/c1-17-15(11-6-8-13(16)9-7-11)12-4-3-5-14(10-12)20(2,18)19/h6-9,12,14-15,17H,3-5,10H2,1-2H3. The number of benzene rings is 1. The molecule has 0 amide bonds. The highest BCUT2D eigenvalue weighted by Gasteiger charge is 2.33. The topological polar surface area (TPSA) is 46.2 Å². The Balaban J connectivity index is 2.17. The van der Waals surface area contributed by atoms with Gasteiger partial charge in [-0.25, -0.2) is 8.42 Å². The summed E-state index contributed by atoms with van der Waals surface area (Å²) in [5.74, 6) is 0.397. The van der Waals surface area contributed by atoms with Crippen molar-refractivity contribution < 1.29 is 8.42 Å². The molecule has 3 atom stereocenters. The fraction of sp³-hybridized carbons (Fsp3) is 0.600. The second-order valence-electron chi connectivity index (χ2n) is 5.70. The Morgan fingerprint density at radius 2 is 1.90 bits per heavy atom.